The largest absolute Gasteiger partial charge is 0.335 e. The molecule has 11 heteroatoms. The smallest absolute Gasteiger partial charge is 0.318 e. The van der Waals surface area contributed by atoms with E-state index in [0.29, 0.717) is 25.3 Å². The van der Waals surface area contributed by atoms with E-state index in [4.69, 9.17) is 0 Å². The normalized spacial score (nSPS) is 26.0. The molecule has 3 fully saturated rings. The van der Waals surface area contributed by atoms with Crippen molar-refractivity contribution < 1.29 is 30.8 Å². The second-order valence-corrected chi connectivity index (χ2v) is 12.0. The van der Waals surface area contributed by atoms with Crippen molar-refractivity contribution in [3.05, 3.63) is 59.4 Å². The van der Waals surface area contributed by atoms with Gasteiger partial charge in [0.25, 0.3) is 0 Å². The van der Waals surface area contributed by atoms with Crippen LogP contribution < -0.4 is 10.0 Å². The Morgan fingerprint density at radius 1 is 1.14 bits per heavy atom. The summed E-state index contributed by atoms with van der Waals surface area (Å²) in [6, 6.07) is 5.08. The van der Waals surface area contributed by atoms with Gasteiger partial charge in [0.2, 0.25) is 10.0 Å². The van der Waals surface area contributed by atoms with Crippen molar-refractivity contribution in [2.24, 2.45) is 5.92 Å². The molecule has 0 spiro atoms. The number of carbonyl (C=O) groups is 1. The van der Waals surface area contributed by atoms with Gasteiger partial charge in [0, 0.05) is 23.7 Å². The van der Waals surface area contributed by atoms with E-state index >= 15 is 4.39 Å². The van der Waals surface area contributed by atoms with E-state index in [0.717, 1.165) is 12.1 Å². The minimum Gasteiger partial charge on any atom is -0.335 e. The van der Waals surface area contributed by atoms with Gasteiger partial charge in [0.1, 0.15) is 23.1 Å². The van der Waals surface area contributed by atoms with Crippen molar-refractivity contribution in [1.29, 1.82) is 0 Å². The molecule has 36 heavy (non-hydrogen) atoms. The van der Waals surface area contributed by atoms with Crippen LogP contribution in [0.15, 0.2) is 36.4 Å². The monoisotopic (exact) mass is 525 g/mol. The van der Waals surface area contributed by atoms with E-state index in [1.54, 1.807) is 6.07 Å². The minimum absolute atomic E-state index is 0.0103. The van der Waals surface area contributed by atoms with Gasteiger partial charge < -0.3 is 10.2 Å². The first kappa shape index (κ1) is 25.0. The summed E-state index contributed by atoms with van der Waals surface area (Å²) in [7, 11) is -3.63. The van der Waals surface area contributed by atoms with Gasteiger partial charge >= 0.3 is 6.03 Å². The van der Waals surface area contributed by atoms with Gasteiger partial charge in [-0.15, -0.1) is 0 Å². The van der Waals surface area contributed by atoms with Crippen LogP contribution in [0, 0.1) is 23.4 Å². The van der Waals surface area contributed by atoms with E-state index in [1.807, 2.05) is 0 Å². The van der Waals surface area contributed by atoms with Crippen LogP contribution in [-0.2, 0) is 16.4 Å². The number of hydrogen-bond donors (Lipinski definition) is 2. The zero-order valence-corrected chi connectivity index (χ0v) is 20.4. The highest BCUT2D eigenvalue weighted by Gasteiger charge is 2.61. The Kier molecular flexibility index (Phi) is 6.27. The van der Waals surface area contributed by atoms with Crippen LogP contribution in [0.1, 0.15) is 31.7 Å². The van der Waals surface area contributed by atoms with Crippen LogP contribution >= 0.6 is 0 Å². The quantitative estimate of drug-likeness (QED) is 0.513. The number of hydrogen-bond acceptors (Lipinski definition) is 3. The number of sulfonamides is 1. The fraction of sp³-hybridized carbons (Fsp3) is 0.480. The Bertz CT molecular complexity index is 1280. The van der Waals surface area contributed by atoms with Gasteiger partial charge in [-0.1, -0.05) is 18.2 Å². The predicted octanol–water partition coefficient (Wildman–Crippen LogP) is 3.91. The molecule has 4 atom stereocenters. The molecular formula is C25H27F4N3O3S. The number of halogens is 4. The molecule has 194 valence electrons. The topological polar surface area (TPSA) is 78.5 Å². The Labute approximate surface area is 207 Å². The summed E-state index contributed by atoms with van der Waals surface area (Å²) in [5.74, 6) is -2.68. The SMILES string of the molecule is CCS(=O)(=O)N[C@@H]1[C@H]2C[C@H]2N(C(=O)NCC2(F)CC2)[C@@H]1Cc1cccc(-c2cc(F)cc(F)c2)c1F. The lowest BCUT2D eigenvalue weighted by Crippen LogP contribution is -2.54. The molecule has 2 N–H and O–H groups in total. The zero-order chi connectivity index (χ0) is 25.8. The first-order valence-corrected chi connectivity index (χ1v) is 13.6. The first-order valence-electron chi connectivity index (χ1n) is 12.0. The Morgan fingerprint density at radius 2 is 1.83 bits per heavy atom. The van der Waals surface area contributed by atoms with Gasteiger partial charge in [-0.2, -0.15) is 0 Å². The average Bonchev–Trinajstić information content (AvgIpc) is 3.73. The number of amides is 2. The lowest BCUT2D eigenvalue weighted by atomic mass is 9.94. The van der Waals surface area contributed by atoms with Crippen LogP contribution in [0.2, 0.25) is 0 Å². The number of piperidine rings is 1. The predicted molar refractivity (Wildman–Crippen MR) is 126 cm³/mol. The molecule has 1 aliphatic heterocycles. The average molecular weight is 526 g/mol. The summed E-state index contributed by atoms with van der Waals surface area (Å²) in [6.45, 7) is 1.37. The van der Waals surface area contributed by atoms with Gasteiger partial charge in [-0.25, -0.2) is 35.5 Å². The number of benzene rings is 2. The van der Waals surface area contributed by atoms with Crippen molar-refractivity contribution in [2.75, 3.05) is 12.3 Å². The molecule has 0 aromatic heterocycles. The molecule has 2 amide bonds. The molecule has 0 bridgehead atoms. The van der Waals surface area contributed by atoms with Crippen LogP contribution in [0.25, 0.3) is 11.1 Å². The molecule has 1 heterocycles. The Hall–Kier alpha value is -2.66. The molecule has 5 rings (SSSR count). The van der Waals surface area contributed by atoms with Gasteiger partial charge in [0.15, 0.2) is 0 Å². The van der Waals surface area contributed by atoms with Crippen molar-refractivity contribution in [3.63, 3.8) is 0 Å². The maximum absolute atomic E-state index is 15.6. The molecule has 6 nitrogen and oxygen atoms in total. The van der Waals surface area contributed by atoms with Crippen LogP contribution in [-0.4, -0.2) is 55.4 Å². The highest BCUT2D eigenvalue weighted by Crippen LogP contribution is 2.49. The number of alkyl halides is 1. The van der Waals surface area contributed by atoms with Gasteiger partial charge in [0.05, 0.1) is 18.3 Å². The maximum atomic E-state index is 15.6. The summed E-state index contributed by atoms with van der Waals surface area (Å²) in [5.41, 5.74) is -1.22. The van der Waals surface area contributed by atoms with Crippen LogP contribution in [0.5, 0.6) is 0 Å². The number of likely N-dealkylation sites (tertiary alicyclic amines) is 1. The lowest BCUT2D eigenvalue weighted by Gasteiger charge is -2.32. The van der Waals surface area contributed by atoms with Gasteiger partial charge in [-0.3, -0.25) is 0 Å². The van der Waals surface area contributed by atoms with Crippen molar-refractivity contribution in [2.45, 2.75) is 56.4 Å². The number of nitrogens with zero attached hydrogens (tertiary/aromatic N) is 1. The van der Waals surface area contributed by atoms with Crippen molar-refractivity contribution in [3.8, 4) is 11.1 Å². The third kappa shape index (κ3) is 4.95. The summed E-state index contributed by atoms with van der Waals surface area (Å²) in [4.78, 5) is 14.6. The number of fused-ring (bicyclic) bond motifs is 1. The fourth-order valence-corrected chi connectivity index (χ4v) is 6.04. The van der Waals surface area contributed by atoms with Crippen LogP contribution in [0.4, 0.5) is 22.4 Å². The van der Waals surface area contributed by atoms with Crippen molar-refractivity contribution in [1.82, 2.24) is 14.9 Å². The molecule has 2 aromatic rings. The van der Waals surface area contributed by atoms with E-state index in [1.165, 1.54) is 24.0 Å². The fourth-order valence-electron chi connectivity index (χ4n) is 5.13. The molecule has 0 unspecified atom stereocenters. The molecule has 2 saturated carbocycles. The summed E-state index contributed by atoms with van der Waals surface area (Å²) >= 11 is 0. The van der Waals surface area contributed by atoms with Crippen molar-refractivity contribution >= 4 is 16.1 Å². The Morgan fingerprint density at radius 3 is 2.47 bits per heavy atom. The standard InChI is InChI=1S/C25H27F4N3O3S/c1-2-36(34,35)31-23-19-12-20(19)32(24(33)30-13-25(29)6-7-25)21(23)10-14-4-3-5-18(22(14)28)15-8-16(26)11-17(27)9-15/h3-5,8-9,11,19-21,23,31H,2,6-7,10,12-13H2,1H3,(H,30,33)/t19-,20+,21+,23+/m0/s1. The first-order chi connectivity index (χ1) is 17.0. The molecule has 0 radical (unpaired) electrons. The number of rotatable bonds is 8. The number of nitrogens with one attached hydrogen (secondary N) is 2. The lowest BCUT2D eigenvalue weighted by molar-refractivity contribution is 0.170. The van der Waals surface area contributed by atoms with Gasteiger partial charge in [-0.05, 0) is 61.8 Å². The van der Waals surface area contributed by atoms with Crippen LogP contribution in [0.3, 0.4) is 0 Å². The molecule has 1 saturated heterocycles. The van der Waals surface area contributed by atoms with E-state index in [2.05, 4.69) is 10.0 Å². The van der Waals surface area contributed by atoms with E-state index < -0.39 is 51.3 Å². The number of carbonyl (C=O) groups excluding carboxylic acids is 1. The molecular weight excluding hydrogens is 498 g/mol. The Balaban J connectivity index is 1.45. The third-order valence-electron chi connectivity index (χ3n) is 7.36. The zero-order valence-electron chi connectivity index (χ0n) is 19.6. The summed E-state index contributed by atoms with van der Waals surface area (Å²) < 4.78 is 84.7. The second-order valence-electron chi connectivity index (χ2n) is 9.94. The minimum atomic E-state index is -3.63. The maximum Gasteiger partial charge on any atom is 0.318 e. The van der Waals surface area contributed by atoms with E-state index in [9.17, 15) is 26.4 Å². The van der Waals surface area contributed by atoms with E-state index in [-0.39, 0.29) is 47.4 Å². The summed E-state index contributed by atoms with van der Waals surface area (Å²) in [5, 5.41) is 2.62. The highest BCUT2D eigenvalue weighted by atomic mass is 32.2. The molecule has 2 aromatic carbocycles. The highest BCUT2D eigenvalue weighted by molar-refractivity contribution is 7.89. The third-order valence-corrected chi connectivity index (χ3v) is 8.75. The molecule has 3 aliphatic rings. The second kappa shape index (κ2) is 9.02. The summed E-state index contributed by atoms with van der Waals surface area (Å²) in [6.07, 6.45) is 1.31. The molecule has 2 aliphatic carbocycles. The number of urea groups is 1.